The maximum absolute atomic E-state index is 10.5. The lowest BCUT2D eigenvalue weighted by atomic mass is 10.4. The van der Waals surface area contributed by atoms with E-state index in [2.05, 4.69) is 15.3 Å². The van der Waals surface area contributed by atoms with E-state index in [0.29, 0.717) is 23.1 Å². The van der Waals surface area contributed by atoms with Crippen LogP contribution >= 0.6 is 47.9 Å². The molecule has 1 heterocycles. The molecule has 21 heavy (non-hydrogen) atoms. The number of nitrogens with one attached hydrogen (secondary N) is 2. The summed E-state index contributed by atoms with van der Waals surface area (Å²) in [7, 11) is 0. The number of nitrogens with two attached hydrogens (primary N) is 2. The first-order valence-electron chi connectivity index (χ1n) is 5.44. The molecule has 7 nitrogen and oxygen atoms in total. The van der Waals surface area contributed by atoms with Gasteiger partial charge >= 0.3 is 6.03 Å². The number of amidine groups is 2. The molecule has 2 amide bonds. The van der Waals surface area contributed by atoms with Crippen LogP contribution in [0.2, 0.25) is 0 Å². The van der Waals surface area contributed by atoms with Gasteiger partial charge in [-0.3, -0.25) is 10.7 Å². The number of amides is 2. The van der Waals surface area contributed by atoms with E-state index < -0.39 is 6.03 Å². The van der Waals surface area contributed by atoms with Gasteiger partial charge in [-0.2, -0.15) is 11.8 Å². The van der Waals surface area contributed by atoms with Crippen LogP contribution in [0, 0.1) is 5.41 Å². The number of thiazole rings is 1. The Balaban J connectivity index is 0. The fourth-order valence-electron chi connectivity index (χ4n) is 1.13. The molecule has 0 unspecified atom stereocenters. The van der Waals surface area contributed by atoms with Gasteiger partial charge in [-0.15, -0.1) is 36.2 Å². The lowest BCUT2D eigenvalue weighted by molar-refractivity contribution is 0.253. The van der Waals surface area contributed by atoms with Crippen molar-refractivity contribution in [3.8, 4) is 0 Å². The van der Waals surface area contributed by atoms with Crippen molar-refractivity contribution in [1.29, 1.82) is 5.41 Å². The van der Waals surface area contributed by atoms with Crippen molar-refractivity contribution < 1.29 is 4.79 Å². The van der Waals surface area contributed by atoms with Crippen molar-refractivity contribution >= 4 is 70.7 Å². The van der Waals surface area contributed by atoms with E-state index in [0.717, 1.165) is 11.4 Å². The number of halogens is 2. The molecule has 0 fully saturated rings. The number of urea groups is 1. The third kappa shape index (κ3) is 10.4. The summed E-state index contributed by atoms with van der Waals surface area (Å²) in [5, 5.41) is 12.2. The molecule has 0 bridgehead atoms. The fraction of sp³-hybridized carbons (Fsp3) is 0.400. The summed E-state index contributed by atoms with van der Waals surface area (Å²) in [6, 6.07) is -0.700. The van der Waals surface area contributed by atoms with Gasteiger partial charge in [0.25, 0.3) is 0 Å². The average Bonchev–Trinajstić information content (AvgIpc) is 2.70. The van der Waals surface area contributed by atoms with E-state index in [1.54, 1.807) is 18.7 Å². The molecule has 1 rings (SSSR count). The predicted octanol–water partition coefficient (Wildman–Crippen LogP) is 2.26. The molecular weight excluding hydrogens is 355 g/mol. The van der Waals surface area contributed by atoms with Crippen molar-refractivity contribution in [2.45, 2.75) is 19.1 Å². The molecule has 0 saturated carbocycles. The second-order valence-electron chi connectivity index (χ2n) is 3.64. The summed E-state index contributed by atoms with van der Waals surface area (Å²) in [6.45, 7) is 1.72. The summed E-state index contributed by atoms with van der Waals surface area (Å²) in [5.41, 5.74) is 11.3. The SMILES string of the molecule is C/C(N)=N\c1nc(CSCCC(=N)NC(N)=O)cs1.Cl.Cl. The van der Waals surface area contributed by atoms with Crippen LogP contribution in [-0.2, 0) is 5.75 Å². The van der Waals surface area contributed by atoms with Crippen LogP contribution < -0.4 is 16.8 Å². The van der Waals surface area contributed by atoms with Gasteiger partial charge in [0.1, 0.15) is 5.84 Å². The number of primary amides is 1. The zero-order valence-corrected chi connectivity index (χ0v) is 14.6. The van der Waals surface area contributed by atoms with Gasteiger partial charge < -0.3 is 11.5 Å². The first-order valence-corrected chi connectivity index (χ1v) is 7.47. The van der Waals surface area contributed by atoms with E-state index >= 15 is 0 Å². The second kappa shape index (κ2) is 11.6. The molecule has 1 aromatic rings. The van der Waals surface area contributed by atoms with Crippen molar-refractivity contribution in [3.05, 3.63) is 11.1 Å². The highest BCUT2D eigenvalue weighted by Crippen LogP contribution is 2.22. The highest BCUT2D eigenvalue weighted by molar-refractivity contribution is 7.98. The number of nitrogens with zero attached hydrogens (tertiary/aromatic N) is 2. The minimum absolute atomic E-state index is 0. The number of aromatic nitrogens is 1. The van der Waals surface area contributed by atoms with Gasteiger partial charge in [0, 0.05) is 23.3 Å². The summed E-state index contributed by atoms with van der Waals surface area (Å²) < 4.78 is 0. The van der Waals surface area contributed by atoms with E-state index in [9.17, 15) is 4.79 Å². The highest BCUT2D eigenvalue weighted by Gasteiger charge is 2.03. The van der Waals surface area contributed by atoms with Crippen molar-refractivity contribution in [2.24, 2.45) is 16.5 Å². The van der Waals surface area contributed by atoms with Gasteiger partial charge in [0.05, 0.1) is 11.5 Å². The Bertz CT molecular complexity index is 490. The lowest BCUT2D eigenvalue weighted by Gasteiger charge is -2.02. The minimum Gasteiger partial charge on any atom is -0.387 e. The van der Waals surface area contributed by atoms with Crippen molar-refractivity contribution in [2.75, 3.05) is 5.75 Å². The van der Waals surface area contributed by atoms with Crippen LogP contribution in [0.4, 0.5) is 9.93 Å². The first kappa shape index (κ1) is 22.3. The lowest BCUT2D eigenvalue weighted by Crippen LogP contribution is -2.34. The zero-order valence-electron chi connectivity index (χ0n) is 11.3. The minimum atomic E-state index is -0.700. The van der Waals surface area contributed by atoms with E-state index in [1.807, 2.05) is 5.38 Å². The number of rotatable bonds is 6. The molecule has 6 N–H and O–H groups in total. The molecule has 0 saturated heterocycles. The predicted molar refractivity (Wildman–Crippen MR) is 94.8 cm³/mol. The normalized spacial score (nSPS) is 10.2. The topological polar surface area (TPSA) is 130 Å². The van der Waals surface area contributed by atoms with Crippen LogP contribution in [0.1, 0.15) is 19.0 Å². The summed E-state index contributed by atoms with van der Waals surface area (Å²) in [6.07, 6.45) is 0.463. The van der Waals surface area contributed by atoms with Crippen LogP contribution in [0.15, 0.2) is 10.4 Å². The van der Waals surface area contributed by atoms with E-state index in [1.165, 1.54) is 11.3 Å². The molecule has 0 aliphatic carbocycles. The second-order valence-corrected chi connectivity index (χ2v) is 5.59. The summed E-state index contributed by atoms with van der Waals surface area (Å²) in [5.74, 6) is 2.06. The third-order valence-electron chi connectivity index (χ3n) is 1.83. The van der Waals surface area contributed by atoms with Crippen LogP contribution in [0.25, 0.3) is 0 Å². The van der Waals surface area contributed by atoms with Crippen LogP contribution in [-0.4, -0.2) is 28.4 Å². The highest BCUT2D eigenvalue weighted by atomic mass is 35.5. The molecule has 11 heteroatoms. The maximum Gasteiger partial charge on any atom is 0.317 e. The van der Waals surface area contributed by atoms with Gasteiger partial charge in [0.2, 0.25) is 5.13 Å². The fourth-order valence-corrected chi connectivity index (χ4v) is 2.83. The Labute approximate surface area is 143 Å². The van der Waals surface area contributed by atoms with Crippen LogP contribution in [0.5, 0.6) is 0 Å². The molecule has 0 spiro atoms. The summed E-state index contributed by atoms with van der Waals surface area (Å²) >= 11 is 3.07. The number of carbonyl (C=O) groups is 1. The quantitative estimate of drug-likeness (QED) is 0.346. The van der Waals surface area contributed by atoms with Gasteiger partial charge in [-0.1, -0.05) is 0 Å². The monoisotopic (exact) mass is 372 g/mol. The molecular formula is C10H18Cl2N6OS2. The largest absolute Gasteiger partial charge is 0.387 e. The molecule has 0 aromatic carbocycles. The Morgan fingerprint density at radius 1 is 1.52 bits per heavy atom. The molecule has 0 aliphatic rings. The number of thioether (sulfide) groups is 1. The van der Waals surface area contributed by atoms with Gasteiger partial charge in [-0.25, -0.2) is 14.8 Å². The maximum atomic E-state index is 10.5. The Hall–Kier alpha value is -1.03. The van der Waals surface area contributed by atoms with Gasteiger partial charge in [-0.05, 0) is 6.92 Å². The Morgan fingerprint density at radius 3 is 2.76 bits per heavy atom. The number of aliphatic imine (C=N–C) groups is 1. The zero-order chi connectivity index (χ0) is 14.3. The van der Waals surface area contributed by atoms with Crippen molar-refractivity contribution in [1.82, 2.24) is 10.3 Å². The first-order chi connectivity index (χ1) is 8.97. The standard InChI is InChI=1S/C10H16N6OS2.2ClH/c1-6(11)14-10-15-7(5-19-10)4-18-3-2-8(12)16-9(13)17;;/h5H,2-4H2,1H3,(H2,11,14,15)(H4,12,13,16,17);2*1H. The Kier molecular flexibility index (Phi) is 12.3. The molecule has 0 radical (unpaired) electrons. The molecule has 1 aromatic heterocycles. The van der Waals surface area contributed by atoms with Crippen molar-refractivity contribution in [3.63, 3.8) is 0 Å². The number of carbonyl (C=O) groups excluding carboxylic acids is 1. The molecule has 120 valence electrons. The Morgan fingerprint density at radius 2 is 2.19 bits per heavy atom. The molecule has 0 aliphatic heterocycles. The van der Waals surface area contributed by atoms with E-state index in [-0.39, 0.29) is 30.6 Å². The average molecular weight is 373 g/mol. The third-order valence-corrected chi connectivity index (χ3v) is 3.61. The number of hydrogen-bond acceptors (Lipinski definition) is 6. The summed E-state index contributed by atoms with van der Waals surface area (Å²) in [4.78, 5) is 18.9. The van der Waals surface area contributed by atoms with E-state index in [4.69, 9.17) is 16.9 Å². The molecule has 0 atom stereocenters. The van der Waals surface area contributed by atoms with Crippen LogP contribution in [0.3, 0.4) is 0 Å². The van der Waals surface area contributed by atoms with Gasteiger partial charge in [0.15, 0.2) is 0 Å². The smallest absolute Gasteiger partial charge is 0.317 e. The number of hydrogen-bond donors (Lipinski definition) is 4.